The van der Waals surface area contributed by atoms with E-state index in [1.165, 1.54) is 7.11 Å². The normalized spacial score (nSPS) is 22.3. The zero-order valence-electron chi connectivity index (χ0n) is 11.0. The summed E-state index contributed by atoms with van der Waals surface area (Å²) in [6.07, 6.45) is 3.19. The molecule has 1 saturated carbocycles. The highest BCUT2D eigenvalue weighted by atomic mass is 35.5. The van der Waals surface area contributed by atoms with Crippen molar-refractivity contribution < 1.29 is 9.53 Å². The Kier molecular flexibility index (Phi) is 4.66. The summed E-state index contributed by atoms with van der Waals surface area (Å²) < 4.78 is 5.19. The molecule has 2 rings (SSSR count). The predicted molar refractivity (Wildman–Crippen MR) is 75.7 cm³/mol. The van der Waals surface area contributed by atoms with Crippen molar-refractivity contribution in [3.05, 3.63) is 28.8 Å². The molecule has 2 atom stereocenters. The molecule has 5 heteroatoms. The standard InChI is InChI=1S/C14H19ClN2O2/c1-19-13-7-10(15)5-6-11(13)14(18)17-12-4-2-3-9(12)8-16/h5-7,9,12H,2-4,8,16H2,1H3,(H,17,18). The zero-order valence-corrected chi connectivity index (χ0v) is 11.7. The molecule has 1 fully saturated rings. The Morgan fingerprint density at radius 1 is 1.53 bits per heavy atom. The maximum atomic E-state index is 12.3. The molecule has 0 saturated heterocycles. The monoisotopic (exact) mass is 282 g/mol. The van der Waals surface area contributed by atoms with Gasteiger partial charge in [0.25, 0.3) is 5.91 Å². The van der Waals surface area contributed by atoms with E-state index in [0.717, 1.165) is 19.3 Å². The number of carbonyl (C=O) groups excluding carboxylic acids is 1. The number of carbonyl (C=O) groups is 1. The number of ether oxygens (including phenoxy) is 1. The highest BCUT2D eigenvalue weighted by Gasteiger charge is 2.28. The fourth-order valence-electron chi connectivity index (χ4n) is 2.61. The number of amides is 1. The average Bonchev–Trinajstić information content (AvgIpc) is 2.85. The van der Waals surface area contributed by atoms with Gasteiger partial charge in [-0.2, -0.15) is 0 Å². The molecule has 1 aliphatic rings. The van der Waals surface area contributed by atoms with E-state index in [1.807, 2.05) is 0 Å². The van der Waals surface area contributed by atoms with Crippen LogP contribution in [0.25, 0.3) is 0 Å². The number of halogens is 1. The van der Waals surface area contributed by atoms with Crippen molar-refractivity contribution in [3.63, 3.8) is 0 Å². The summed E-state index contributed by atoms with van der Waals surface area (Å²) in [6, 6.07) is 5.18. The van der Waals surface area contributed by atoms with Crippen molar-refractivity contribution in [2.45, 2.75) is 25.3 Å². The van der Waals surface area contributed by atoms with Crippen LogP contribution in [0.5, 0.6) is 5.75 Å². The number of hydrogen-bond donors (Lipinski definition) is 2. The molecule has 3 N–H and O–H groups in total. The Hall–Kier alpha value is -1.26. The van der Waals surface area contributed by atoms with E-state index in [-0.39, 0.29) is 11.9 Å². The maximum Gasteiger partial charge on any atom is 0.255 e. The Balaban J connectivity index is 2.11. The van der Waals surface area contributed by atoms with E-state index in [4.69, 9.17) is 22.1 Å². The summed E-state index contributed by atoms with van der Waals surface area (Å²) in [5.74, 6) is 0.744. The first-order valence-corrected chi connectivity index (χ1v) is 6.88. The molecule has 0 heterocycles. The average molecular weight is 283 g/mol. The van der Waals surface area contributed by atoms with Gasteiger partial charge in [-0.25, -0.2) is 0 Å². The lowest BCUT2D eigenvalue weighted by atomic mass is 10.0. The summed E-state index contributed by atoms with van der Waals surface area (Å²) in [5, 5.41) is 3.60. The van der Waals surface area contributed by atoms with Crippen molar-refractivity contribution in [1.29, 1.82) is 0 Å². The van der Waals surface area contributed by atoms with Crippen LogP contribution in [-0.2, 0) is 0 Å². The molecule has 0 spiro atoms. The third-order valence-corrected chi connectivity index (χ3v) is 3.92. The van der Waals surface area contributed by atoms with E-state index in [0.29, 0.717) is 28.8 Å². The third-order valence-electron chi connectivity index (χ3n) is 3.69. The lowest BCUT2D eigenvalue weighted by molar-refractivity contribution is 0.0925. The first-order chi connectivity index (χ1) is 9.15. The second-order valence-electron chi connectivity index (χ2n) is 4.85. The van der Waals surface area contributed by atoms with E-state index in [9.17, 15) is 4.79 Å². The van der Waals surface area contributed by atoms with Crippen LogP contribution in [0, 0.1) is 5.92 Å². The number of nitrogens with two attached hydrogens (primary N) is 1. The molecular weight excluding hydrogens is 264 g/mol. The third kappa shape index (κ3) is 3.19. The smallest absolute Gasteiger partial charge is 0.255 e. The molecule has 0 bridgehead atoms. The maximum absolute atomic E-state index is 12.3. The fraction of sp³-hybridized carbons (Fsp3) is 0.500. The molecular formula is C14H19ClN2O2. The quantitative estimate of drug-likeness (QED) is 0.890. The topological polar surface area (TPSA) is 64.3 Å². The van der Waals surface area contributed by atoms with Gasteiger partial charge in [0.05, 0.1) is 12.7 Å². The van der Waals surface area contributed by atoms with Gasteiger partial charge < -0.3 is 15.8 Å². The highest BCUT2D eigenvalue weighted by molar-refractivity contribution is 6.30. The van der Waals surface area contributed by atoms with Crippen molar-refractivity contribution in [1.82, 2.24) is 5.32 Å². The Bertz CT molecular complexity index is 465. The van der Waals surface area contributed by atoms with Crippen molar-refractivity contribution in [2.24, 2.45) is 11.7 Å². The first-order valence-electron chi connectivity index (χ1n) is 6.50. The Morgan fingerprint density at radius 3 is 3.00 bits per heavy atom. The van der Waals surface area contributed by atoms with Gasteiger partial charge in [-0.05, 0) is 43.5 Å². The minimum Gasteiger partial charge on any atom is -0.496 e. The number of hydrogen-bond acceptors (Lipinski definition) is 3. The Morgan fingerprint density at radius 2 is 2.32 bits per heavy atom. The van der Waals surface area contributed by atoms with Crippen LogP contribution >= 0.6 is 11.6 Å². The second-order valence-corrected chi connectivity index (χ2v) is 5.29. The van der Waals surface area contributed by atoms with Crippen LogP contribution in [0.15, 0.2) is 18.2 Å². The number of nitrogens with one attached hydrogen (secondary N) is 1. The summed E-state index contributed by atoms with van der Waals surface area (Å²) in [7, 11) is 1.53. The van der Waals surface area contributed by atoms with Crippen molar-refractivity contribution >= 4 is 17.5 Å². The van der Waals surface area contributed by atoms with Crippen LogP contribution in [0.1, 0.15) is 29.6 Å². The highest BCUT2D eigenvalue weighted by Crippen LogP contribution is 2.27. The lowest BCUT2D eigenvalue weighted by Gasteiger charge is -2.20. The fourth-order valence-corrected chi connectivity index (χ4v) is 2.77. The zero-order chi connectivity index (χ0) is 13.8. The van der Waals surface area contributed by atoms with Crippen molar-refractivity contribution in [2.75, 3.05) is 13.7 Å². The van der Waals surface area contributed by atoms with Crippen LogP contribution in [-0.4, -0.2) is 25.6 Å². The van der Waals surface area contributed by atoms with Gasteiger partial charge in [0.1, 0.15) is 5.75 Å². The van der Waals surface area contributed by atoms with Gasteiger partial charge in [-0.15, -0.1) is 0 Å². The van der Waals surface area contributed by atoms with E-state index in [1.54, 1.807) is 18.2 Å². The molecule has 1 amide bonds. The molecule has 19 heavy (non-hydrogen) atoms. The molecule has 1 aromatic carbocycles. The molecule has 0 aliphatic heterocycles. The molecule has 104 valence electrons. The van der Waals surface area contributed by atoms with E-state index in [2.05, 4.69) is 5.32 Å². The molecule has 1 aliphatic carbocycles. The van der Waals surface area contributed by atoms with Gasteiger partial charge in [-0.3, -0.25) is 4.79 Å². The SMILES string of the molecule is COc1cc(Cl)ccc1C(=O)NC1CCCC1CN. The molecule has 0 radical (unpaired) electrons. The van der Waals surface area contributed by atoms with Gasteiger partial charge in [0, 0.05) is 11.1 Å². The molecule has 2 unspecified atom stereocenters. The van der Waals surface area contributed by atoms with Crippen LogP contribution in [0.3, 0.4) is 0 Å². The van der Waals surface area contributed by atoms with Crippen LogP contribution in [0.4, 0.5) is 0 Å². The summed E-state index contributed by atoms with van der Waals surface area (Å²) in [5.41, 5.74) is 6.23. The largest absolute Gasteiger partial charge is 0.496 e. The van der Waals surface area contributed by atoms with Crippen LogP contribution < -0.4 is 15.8 Å². The first kappa shape index (κ1) is 14.2. The molecule has 0 aromatic heterocycles. The van der Waals surface area contributed by atoms with Crippen molar-refractivity contribution in [3.8, 4) is 5.75 Å². The van der Waals surface area contributed by atoms with Gasteiger partial charge >= 0.3 is 0 Å². The molecule has 1 aromatic rings. The second kappa shape index (κ2) is 6.26. The van der Waals surface area contributed by atoms with Gasteiger partial charge in [0.2, 0.25) is 0 Å². The predicted octanol–water partition coefficient (Wildman–Crippen LogP) is 2.21. The summed E-state index contributed by atoms with van der Waals surface area (Å²) in [6.45, 7) is 0.614. The molecule has 4 nitrogen and oxygen atoms in total. The lowest BCUT2D eigenvalue weighted by Crippen LogP contribution is -2.39. The minimum atomic E-state index is -0.126. The number of benzene rings is 1. The van der Waals surface area contributed by atoms with Gasteiger partial charge in [-0.1, -0.05) is 18.0 Å². The minimum absolute atomic E-state index is 0.126. The summed E-state index contributed by atoms with van der Waals surface area (Å²) in [4.78, 5) is 12.3. The number of methoxy groups -OCH3 is 1. The Labute approximate surface area is 118 Å². The van der Waals surface area contributed by atoms with Gasteiger partial charge in [0.15, 0.2) is 0 Å². The number of rotatable bonds is 4. The summed E-state index contributed by atoms with van der Waals surface area (Å²) >= 11 is 5.89. The van der Waals surface area contributed by atoms with E-state index < -0.39 is 0 Å². The van der Waals surface area contributed by atoms with E-state index >= 15 is 0 Å². The van der Waals surface area contributed by atoms with Crippen LogP contribution in [0.2, 0.25) is 5.02 Å².